The Morgan fingerprint density at radius 3 is 2.90 bits per heavy atom. The van der Waals surface area contributed by atoms with Crippen molar-refractivity contribution in [3.63, 3.8) is 0 Å². The lowest BCUT2D eigenvalue weighted by molar-refractivity contribution is -0.387. The van der Waals surface area contributed by atoms with Crippen LogP contribution in [0.15, 0.2) is 30.6 Å². The van der Waals surface area contributed by atoms with Gasteiger partial charge in [-0.1, -0.05) is 13.0 Å². The van der Waals surface area contributed by atoms with Crippen molar-refractivity contribution in [2.75, 3.05) is 0 Å². The van der Waals surface area contributed by atoms with Gasteiger partial charge in [0.2, 0.25) is 5.82 Å². The summed E-state index contributed by atoms with van der Waals surface area (Å²) in [5.41, 5.74) is 0.976. The molecule has 0 saturated heterocycles. The molecule has 0 bridgehead atoms. The fraction of sp³-hybridized carbons (Fsp3) is 0.308. The van der Waals surface area contributed by atoms with Crippen LogP contribution in [0.4, 0.5) is 10.1 Å². The molecular formula is C13H13ClFN3O2. The van der Waals surface area contributed by atoms with Gasteiger partial charge < -0.3 is 0 Å². The highest BCUT2D eigenvalue weighted by atomic mass is 35.5. The summed E-state index contributed by atoms with van der Waals surface area (Å²) in [6.07, 6.45) is 4.25. The van der Waals surface area contributed by atoms with Crippen LogP contribution in [0.25, 0.3) is 0 Å². The molecule has 0 fully saturated rings. The number of alkyl halides is 1. The van der Waals surface area contributed by atoms with Crippen LogP contribution >= 0.6 is 11.6 Å². The Hall–Kier alpha value is -1.95. The SMILES string of the molecule is CCC(Cl)c1cnn(Cc2ccc([N+](=O)[O-])c(F)c2)c1. The summed E-state index contributed by atoms with van der Waals surface area (Å²) in [7, 11) is 0. The second kappa shape index (κ2) is 6.00. The molecule has 0 aliphatic carbocycles. The summed E-state index contributed by atoms with van der Waals surface area (Å²) in [4.78, 5) is 9.79. The maximum absolute atomic E-state index is 13.5. The lowest BCUT2D eigenvalue weighted by atomic mass is 10.2. The first-order chi connectivity index (χ1) is 9.51. The van der Waals surface area contributed by atoms with Gasteiger partial charge in [0, 0.05) is 17.8 Å². The molecule has 2 aromatic rings. The lowest BCUT2D eigenvalue weighted by Crippen LogP contribution is -2.01. The van der Waals surface area contributed by atoms with E-state index in [1.54, 1.807) is 17.1 Å². The fourth-order valence-electron chi connectivity index (χ4n) is 1.85. The maximum Gasteiger partial charge on any atom is 0.304 e. The highest BCUT2D eigenvalue weighted by molar-refractivity contribution is 6.20. The van der Waals surface area contributed by atoms with Crippen LogP contribution in [-0.4, -0.2) is 14.7 Å². The van der Waals surface area contributed by atoms with Crippen LogP contribution in [0.3, 0.4) is 0 Å². The number of hydrogen-bond donors (Lipinski definition) is 0. The van der Waals surface area contributed by atoms with E-state index in [2.05, 4.69) is 5.10 Å². The zero-order chi connectivity index (χ0) is 14.7. The van der Waals surface area contributed by atoms with E-state index in [0.717, 1.165) is 24.1 Å². The summed E-state index contributed by atoms with van der Waals surface area (Å²) < 4.78 is 15.1. The number of nitro groups is 1. The fourth-order valence-corrected chi connectivity index (χ4v) is 1.96. The van der Waals surface area contributed by atoms with Crippen LogP contribution in [0.5, 0.6) is 0 Å². The monoisotopic (exact) mass is 297 g/mol. The molecule has 0 saturated carbocycles. The normalized spacial score (nSPS) is 12.3. The summed E-state index contributed by atoms with van der Waals surface area (Å²) in [6, 6.07) is 3.82. The molecule has 2 rings (SSSR count). The van der Waals surface area contributed by atoms with Crippen molar-refractivity contribution in [2.45, 2.75) is 25.3 Å². The van der Waals surface area contributed by atoms with Gasteiger partial charge in [-0.2, -0.15) is 9.49 Å². The molecule has 7 heteroatoms. The summed E-state index contributed by atoms with van der Waals surface area (Å²) >= 11 is 6.10. The Kier molecular flexibility index (Phi) is 4.34. The Morgan fingerprint density at radius 1 is 1.55 bits per heavy atom. The first-order valence-electron chi connectivity index (χ1n) is 6.10. The Morgan fingerprint density at radius 2 is 2.30 bits per heavy atom. The second-order valence-corrected chi connectivity index (χ2v) is 4.92. The van der Waals surface area contributed by atoms with Crippen LogP contribution in [-0.2, 0) is 6.54 Å². The molecule has 0 N–H and O–H groups in total. The molecular weight excluding hydrogens is 285 g/mol. The van der Waals surface area contributed by atoms with Crippen molar-refractivity contribution in [1.29, 1.82) is 0 Å². The van der Waals surface area contributed by atoms with E-state index >= 15 is 0 Å². The van der Waals surface area contributed by atoms with Crippen molar-refractivity contribution in [3.8, 4) is 0 Å². The molecule has 1 aromatic carbocycles. The van der Waals surface area contributed by atoms with E-state index in [4.69, 9.17) is 11.6 Å². The van der Waals surface area contributed by atoms with Crippen LogP contribution in [0, 0.1) is 15.9 Å². The number of nitrogens with zero attached hydrogens (tertiary/aromatic N) is 3. The number of hydrogen-bond acceptors (Lipinski definition) is 3. The summed E-state index contributed by atoms with van der Waals surface area (Å²) in [5.74, 6) is -0.844. The van der Waals surface area contributed by atoms with Crippen LogP contribution < -0.4 is 0 Å². The quantitative estimate of drug-likeness (QED) is 0.480. The molecule has 0 aliphatic heterocycles. The van der Waals surface area contributed by atoms with E-state index in [0.29, 0.717) is 12.1 Å². The zero-order valence-electron chi connectivity index (χ0n) is 10.8. The van der Waals surface area contributed by atoms with Gasteiger partial charge in [0.1, 0.15) is 0 Å². The molecule has 5 nitrogen and oxygen atoms in total. The Labute approximate surface area is 120 Å². The molecule has 1 heterocycles. The average Bonchev–Trinajstić information content (AvgIpc) is 2.86. The van der Waals surface area contributed by atoms with Crippen LogP contribution in [0.1, 0.15) is 29.8 Å². The smallest absolute Gasteiger partial charge is 0.268 e. The van der Waals surface area contributed by atoms with E-state index < -0.39 is 16.4 Å². The van der Waals surface area contributed by atoms with Gasteiger partial charge in [0.05, 0.1) is 23.0 Å². The van der Waals surface area contributed by atoms with Crippen molar-refractivity contribution < 1.29 is 9.31 Å². The van der Waals surface area contributed by atoms with Gasteiger partial charge in [-0.25, -0.2) is 0 Å². The van der Waals surface area contributed by atoms with Crippen molar-refractivity contribution in [1.82, 2.24) is 9.78 Å². The highest BCUT2D eigenvalue weighted by Gasteiger charge is 2.14. The van der Waals surface area contributed by atoms with Gasteiger partial charge in [0.25, 0.3) is 0 Å². The molecule has 106 valence electrons. The molecule has 0 amide bonds. The first kappa shape index (κ1) is 14.5. The standard InChI is InChI=1S/C13H13ClFN3O2/c1-2-11(14)10-6-16-17(8-10)7-9-3-4-13(18(19)20)12(15)5-9/h3-6,8,11H,2,7H2,1H3. The Bertz CT molecular complexity index is 630. The predicted molar refractivity (Wildman–Crippen MR) is 73.3 cm³/mol. The van der Waals surface area contributed by atoms with E-state index in [9.17, 15) is 14.5 Å². The topological polar surface area (TPSA) is 61.0 Å². The largest absolute Gasteiger partial charge is 0.304 e. The highest BCUT2D eigenvalue weighted by Crippen LogP contribution is 2.23. The van der Waals surface area contributed by atoms with Gasteiger partial charge in [-0.3, -0.25) is 14.8 Å². The number of benzene rings is 1. The molecule has 0 spiro atoms. The second-order valence-electron chi connectivity index (χ2n) is 4.39. The molecule has 1 unspecified atom stereocenters. The zero-order valence-corrected chi connectivity index (χ0v) is 11.5. The van der Waals surface area contributed by atoms with Crippen molar-refractivity contribution in [2.24, 2.45) is 0 Å². The minimum atomic E-state index is -0.844. The van der Waals surface area contributed by atoms with Crippen molar-refractivity contribution >= 4 is 17.3 Å². The van der Waals surface area contributed by atoms with E-state index in [1.807, 2.05) is 6.92 Å². The Balaban J connectivity index is 2.16. The number of nitro benzene ring substituents is 1. The number of rotatable bonds is 5. The van der Waals surface area contributed by atoms with Gasteiger partial charge >= 0.3 is 5.69 Å². The third-order valence-electron chi connectivity index (χ3n) is 2.93. The minimum Gasteiger partial charge on any atom is -0.268 e. The number of aromatic nitrogens is 2. The third-order valence-corrected chi connectivity index (χ3v) is 3.49. The molecule has 1 atom stereocenters. The molecule has 0 radical (unpaired) electrons. The summed E-state index contributed by atoms with van der Waals surface area (Å²) in [6.45, 7) is 2.31. The minimum absolute atomic E-state index is 0.0997. The van der Waals surface area contributed by atoms with Crippen molar-refractivity contribution in [3.05, 3.63) is 57.7 Å². The first-order valence-corrected chi connectivity index (χ1v) is 6.54. The van der Waals surface area contributed by atoms with E-state index in [1.165, 1.54) is 6.07 Å². The third kappa shape index (κ3) is 3.14. The van der Waals surface area contributed by atoms with Gasteiger partial charge in [-0.05, 0) is 18.1 Å². The van der Waals surface area contributed by atoms with Crippen LogP contribution in [0.2, 0.25) is 0 Å². The average molecular weight is 298 g/mol. The van der Waals surface area contributed by atoms with Gasteiger partial charge in [-0.15, -0.1) is 11.6 Å². The molecule has 1 aromatic heterocycles. The predicted octanol–water partition coefficient (Wildman–Crippen LogP) is 3.67. The molecule has 20 heavy (non-hydrogen) atoms. The molecule has 0 aliphatic rings. The summed E-state index contributed by atoms with van der Waals surface area (Å²) in [5, 5.41) is 14.6. The maximum atomic E-state index is 13.5. The van der Waals surface area contributed by atoms with E-state index in [-0.39, 0.29) is 5.38 Å². The van der Waals surface area contributed by atoms with Gasteiger partial charge in [0.15, 0.2) is 0 Å². The lowest BCUT2D eigenvalue weighted by Gasteiger charge is -2.03. The number of halogens is 2.